The molecule has 6 heteroatoms. The molecule has 1 fully saturated rings. The first-order valence-corrected chi connectivity index (χ1v) is 9.83. The van der Waals surface area contributed by atoms with Gasteiger partial charge >= 0.3 is 5.97 Å². The summed E-state index contributed by atoms with van der Waals surface area (Å²) in [4.78, 5) is 13.5. The lowest BCUT2D eigenvalue weighted by atomic mass is 10.1. The molecule has 124 valence electrons. The maximum Gasteiger partial charge on any atom is 0.320 e. The molecule has 21 heavy (non-hydrogen) atoms. The van der Waals surface area contributed by atoms with Gasteiger partial charge in [0.1, 0.15) is 0 Å². The van der Waals surface area contributed by atoms with Crippen molar-refractivity contribution < 1.29 is 17.9 Å². The van der Waals surface area contributed by atoms with Crippen LogP contribution in [0.25, 0.3) is 0 Å². The Bertz CT molecular complexity index is 408. The minimum atomic E-state index is -2.90. The van der Waals surface area contributed by atoms with Crippen LogP contribution in [0.15, 0.2) is 0 Å². The van der Waals surface area contributed by atoms with Gasteiger partial charge in [0.25, 0.3) is 0 Å². The first kappa shape index (κ1) is 18.4. The molecule has 0 aliphatic carbocycles. The molecule has 1 heterocycles. The van der Waals surface area contributed by atoms with Crippen LogP contribution in [0.1, 0.15) is 51.9 Å². The van der Waals surface area contributed by atoms with Gasteiger partial charge in [-0.1, -0.05) is 39.0 Å². The van der Waals surface area contributed by atoms with Gasteiger partial charge < -0.3 is 4.74 Å². The van der Waals surface area contributed by atoms with Gasteiger partial charge in [0, 0.05) is 6.04 Å². The number of ether oxygens (including phenoxy) is 1. The SMILES string of the molecule is CCCCCCCCOC(=O)CN(C)[C@@H]1CCS(=O)(=O)C1. The van der Waals surface area contributed by atoms with Gasteiger partial charge in [0.15, 0.2) is 9.84 Å². The van der Waals surface area contributed by atoms with Gasteiger partial charge in [-0.2, -0.15) is 0 Å². The van der Waals surface area contributed by atoms with Gasteiger partial charge in [0.2, 0.25) is 0 Å². The third-order valence-electron chi connectivity index (χ3n) is 3.97. The Kier molecular flexibility index (Phi) is 8.26. The summed E-state index contributed by atoms with van der Waals surface area (Å²) in [5.41, 5.74) is 0. The molecule has 1 aliphatic rings. The molecule has 1 saturated heterocycles. The predicted molar refractivity (Wildman–Crippen MR) is 84.0 cm³/mol. The van der Waals surface area contributed by atoms with Crippen LogP contribution >= 0.6 is 0 Å². The van der Waals surface area contributed by atoms with E-state index < -0.39 is 9.84 Å². The van der Waals surface area contributed by atoms with E-state index in [0.717, 1.165) is 12.8 Å². The molecule has 0 bridgehead atoms. The Balaban J connectivity index is 2.08. The van der Waals surface area contributed by atoms with Crippen molar-refractivity contribution in [2.24, 2.45) is 0 Å². The predicted octanol–water partition coefficient (Wildman–Crippen LogP) is 2.01. The highest BCUT2D eigenvalue weighted by atomic mass is 32.2. The van der Waals surface area contributed by atoms with Crippen LogP contribution in [0.2, 0.25) is 0 Å². The molecular formula is C15H29NO4S. The highest BCUT2D eigenvalue weighted by Gasteiger charge is 2.31. The van der Waals surface area contributed by atoms with Crippen molar-refractivity contribution in [3.8, 4) is 0 Å². The molecule has 0 N–H and O–H groups in total. The number of carbonyl (C=O) groups excluding carboxylic acids is 1. The van der Waals surface area contributed by atoms with Gasteiger partial charge in [0.05, 0.1) is 24.7 Å². The first-order chi connectivity index (χ1) is 9.94. The van der Waals surface area contributed by atoms with Crippen molar-refractivity contribution in [2.75, 3.05) is 31.7 Å². The number of hydrogen-bond acceptors (Lipinski definition) is 5. The molecule has 1 atom stereocenters. The largest absolute Gasteiger partial charge is 0.465 e. The highest BCUT2D eigenvalue weighted by molar-refractivity contribution is 7.91. The van der Waals surface area contributed by atoms with Crippen LogP contribution in [-0.4, -0.2) is 57.0 Å². The summed E-state index contributed by atoms with van der Waals surface area (Å²) in [6.07, 6.45) is 7.59. The van der Waals surface area contributed by atoms with Crippen molar-refractivity contribution in [1.29, 1.82) is 0 Å². The maximum absolute atomic E-state index is 11.7. The lowest BCUT2D eigenvalue weighted by molar-refractivity contribution is -0.145. The smallest absolute Gasteiger partial charge is 0.320 e. The number of esters is 1. The van der Waals surface area contributed by atoms with E-state index in [0.29, 0.717) is 13.0 Å². The monoisotopic (exact) mass is 319 g/mol. The van der Waals surface area contributed by atoms with Gasteiger partial charge in [-0.3, -0.25) is 9.69 Å². The first-order valence-electron chi connectivity index (χ1n) is 8.01. The fourth-order valence-electron chi connectivity index (χ4n) is 2.57. The average Bonchev–Trinajstić information content (AvgIpc) is 2.78. The molecule has 0 amide bonds. The van der Waals surface area contributed by atoms with E-state index in [1.807, 2.05) is 0 Å². The topological polar surface area (TPSA) is 63.7 Å². The zero-order chi connectivity index (χ0) is 15.7. The molecule has 0 aromatic rings. The van der Waals surface area contributed by atoms with Crippen LogP contribution in [-0.2, 0) is 19.4 Å². The van der Waals surface area contributed by atoms with Crippen LogP contribution in [0.3, 0.4) is 0 Å². The molecule has 1 rings (SSSR count). The van der Waals surface area contributed by atoms with Crippen molar-refractivity contribution in [1.82, 2.24) is 4.90 Å². The van der Waals surface area contributed by atoms with E-state index >= 15 is 0 Å². The fraction of sp³-hybridized carbons (Fsp3) is 0.933. The third-order valence-corrected chi connectivity index (χ3v) is 5.72. The van der Waals surface area contributed by atoms with Crippen LogP contribution in [0.5, 0.6) is 0 Å². The normalized spacial score (nSPS) is 20.8. The second-order valence-corrected chi connectivity index (χ2v) is 8.19. The molecule has 5 nitrogen and oxygen atoms in total. The van der Waals surface area contributed by atoms with Crippen molar-refractivity contribution in [2.45, 2.75) is 57.9 Å². The van der Waals surface area contributed by atoms with E-state index in [1.54, 1.807) is 11.9 Å². The Hall–Kier alpha value is -0.620. The van der Waals surface area contributed by atoms with Crippen LogP contribution in [0.4, 0.5) is 0 Å². The molecule has 1 aliphatic heterocycles. The van der Waals surface area contributed by atoms with Crippen molar-refractivity contribution in [3.63, 3.8) is 0 Å². The zero-order valence-corrected chi connectivity index (χ0v) is 14.2. The molecule has 0 aromatic heterocycles. The van der Waals surface area contributed by atoms with Crippen LogP contribution in [0, 0.1) is 0 Å². The van der Waals surface area contributed by atoms with E-state index in [2.05, 4.69) is 6.92 Å². The standard InChI is InChI=1S/C15H29NO4S/c1-3-4-5-6-7-8-10-20-15(17)12-16(2)14-9-11-21(18,19)13-14/h14H,3-13H2,1-2H3/t14-/m1/s1. The Morgan fingerprint density at radius 3 is 2.48 bits per heavy atom. The van der Waals surface area contributed by atoms with Crippen molar-refractivity contribution >= 4 is 15.8 Å². The third kappa shape index (κ3) is 7.81. The Morgan fingerprint density at radius 2 is 1.86 bits per heavy atom. The number of nitrogens with zero attached hydrogens (tertiary/aromatic N) is 1. The minimum Gasteiger partial charge on any atom is -0.465 e. The number of carbonyl (C=O) groups is 1. The molecule has 0 radical (unpaired) electrons. The summed E-state index contributed by atoms with van der Waals surface area (Å²) in [7, 11) is -1.11. The molecule has 0 spiro atoms. The Labute approximate surface area is 129 Å². The fourth-order valence-corrected chi connectivity index (χ4v) is 4.38. The number of hydrogen-bond donors (Lipinski definition) is 0. The molecule has 0 unspecified atom stereocenters. The second kappa shape index (κ2) is 9.41. The summed E-state index contributed by atoms with van der Waals surface area (Å²) in [6, 6.07) is -0.0448. The van der Waals surface area contributed by atoms with E-state index in [-0.39, 0.29) is 30.1 Å². The van der Waals surface area contributed by atoms with Gasteiger partial charge in [-0.15, -0.1) is 0 Å². The maximum atomic E-state index is 11.7. The minimum absolute atomic E-state index is 0.0448. The lowest BCUT2D eigenvalue weighted by Gasteiger charge is -2.21. The number of sulfone groups is 1. The number of rotatable bonds is 10. The highest BCUT2D eigenvalue weighted by Crippen LogP contribution is 2.16. The van der Waals surface area contributed by atoms with Crippen LogP contribution < -0.4 is 0 Å². The molecule has 0 aromatic carbocycles. The summed E-state index contributed by atoms with van der Waals surface area (Å²) in [5, 5.41) is 0. The number of likely N-dealkylation sites (N-methyl/N-ethyl adjacent to an activating group) is 1. The van der Waals surface area contributed by atoms with Gasteiger partial charge in [-0.05, 0) is 19.9 Å². The molecule has 0 saturated carbocycles. The van der Waals surface area contributed by atoms with E-state index in [4.69, 9.17) is 4.74 Å². The zero-order valence-electron chi connectivity index (χ0n) is 13.3. The number of unbranched alkanes of at least 4 members (excludes halogenated alkanes) is 5. The summed E-state index contributed by atoms with van der Waals surface area (Å²) < 4.78 is 28.0. The quantitative estimate of drug-likeness (QED) is 0.455. The Morgan fingerprint density at radius 1 is 1.19 bits per heavy atom. The molecular weight excluding hydrogens is 290 g/mol. The van der Waals surface area contributed by atoms with Crippen molar-refractivity contribution in [3.05, 3.63) is 0 Å². The summed E-state index contributed by atoms with van der Waals surface area (Å²) in [6.45, 7) is 2.84. The second-order valence-electron chi connectivity index (χ2n) is 5.96. The summed E-state index contributed by atoms with van der Waals surface area (Å²) in [5.74, 6) is 0.138. The van der Waals surface area contributed by atoms with Gasteiger partial charge in [-0.25, -0.2) is 8.42 Å². The van der Waals surface area contributed by atoms with E-state index in [1.165, 1.54) is 25.7 Å². The lowest BCUT2D eigenvalue weighted by Crippen LogP contribution is -2.37. The van der Waals surface area contributed by atoms with E-state index in [9.17, 15) is 13.2 Å². The summed E-state index contributed by atoms with van der Waals surface area (Å²) >= 11 is 0. The average molecular weight is 319 g/mol.